The Morgan fingerprint density at radius 2 is 1.50 bits per heavy atom. The van der Waals surface area contributed by atoms with Crippen molar-refractivity contribution in [3.63, 3.8) is 0 Å². The van der Waals surface area contributed by atoms with E-state index in [0.29, 0.717) is 0 Å². The van der Waals surface area contributed by atoms with Crippen molar-refractivity contribution in [2.24, 2.45) is 0 Å². The molecule has 0 radical (unpaired) electrons. The first kappa shape index (κ1) is 16.3. The van der Waals surface area contributed by atoms with Gasteiger partial charge in [-0.15, -0.1) is 0 Å². The van der Waals surface area contributed by atoms with E-state index in [0.717, 1.165) is 6.92 Å². The molecule has 0 aromatic heterocycles. The SMILES string of the molecule is CC(=O)OCC(=O)CC(=O)CC(=O)OC(C)(C)C. The van der Waals surface area contributed by atoms with Gasteiger partial charge in [-0.1, -0.05) is 0 Å². The van der Waals surface area contributed by atoms with Crippen molar-refractivity contribution in [1.82, 2.24) is 0 Å². The van der Waals surface area contributed by atoms with Crippen LogP contribution >= 0.6 is 0 Å². The van der Waals surface area contributed by atoms with E-state index >= 15 is 0 Å². The molecule has 0 saturated heterocycles. The smallest absolute Gasteiger partial charge is 0.313 e. The van der Waals surface area contributed by atoms with Crippen LogP contribution in [0.1, 0.15) is 40.5 Å². The molecule has 0 unspecified atom stereocenters. The van der Waals surface area contributed by atoms with E-state index in [1.165, 1.54) is 0 Å². The monoisotopic (exact) mass is 258 g/mol. The van der Waals surface area contributed by atoms with Crippen LogP contribution in [0.15, 0.2) is 0 Å². The van der Waals surface area contributed by atoms with Crippen LogP contribution in [-0.2, 0) is 28.7 Å². The summed E-state index contributed by atoms with van der Waals surface area (Å²) in [6.07, 6.45) is -0.893. The van der Waals surface area contributed by atoms with Gasteiger partial charge in [0.05, 0.1) is 6.42 Å². The first-order valence-corrected chi connectivity index (χ1v) is 5.49. The summed E-state index contributed by atoms with van der Waals surface area (Å²) in [5.41, 5.74) is -0.668. The maximum absolute atomic E-state index is 11.3. The number of hydrogen-bond acceptors (Lipinski definition) is 6. The highest BCUT2D eigenvalue weighted by atomic mass is 16.6. The standard InChI is InChI=1S/C12H18O6/c1-8(13)17-7-10(15)5-9(14)6-11(16)18-12(2,3)4/h5-7H2,1-4H3. The van der Waals surface area contributed by atoms with Crippen molar-refractivity contribution >= 4 is 23.5 Å². The van der Waals surface area contributed by atoms with E-state index in [4.69, 9.17) is 4.74 Å². The van der Waals surface area contributed by atoms with Crippen LogP contribution in [0.3, 0.4) is 0 Å². The molecular weight excluding hydrogens is 240 g/mol. The van der Waals surface area contributed by atoms with Gasteiger partial charge in [0.1, 0.15) is 18.6 Å². The van der Waals surface area contributed by atoms with Crippen LogP contribution in [0.5, 0.6) is 0 Å². The molecule has 0 heterocycles. The number of ketones is 2. The quantitative estimate of drug-likeness (QED) is 0.517. The van der Waals surface area contributed by atoms with Crippen molar-refractivity contribution in [2.45, 2.75) is 46.1 Å². The Morgan fingerprint density at radius 1 is 0.944 bits per heavy atom. The average molecular weight is 258 g/mol. The lowest BCUT2D eigenvalue weighted by Crippen LogP contribution is -2.26. The molecule has 0 spiro atoms. The summed E-state index contributed by atoms with van der Waals surface area (Å²) in [7, 11) is 0. The molecule has 0 atom stereocenters. The molecular formula is C12H18O6. The van der Waals surface area contributed by atoms with Crippen LogP contribution in [0.2, 0.25) is 0 Å². The topological polar surface area (TPSA) is 86.7 Å². The molecule has 6 heteroatoms. The van der Waals surface area contributed by atoms with E-state index in [2.05, 4.69) is 4.74 Å². The summed E-state index contributed by atoms with van der Waals surface area (Å²) < 4.78 is 9.36. The summed E-state index contributed by atoms with van der Waals surface area (Å²) >= 11 is 0. The number of carbonyl (C=O) groups is 4. The van der Waals surface area contributed by atoms with Crippen LogP contribution in [0.25, 0.3) is 0 Å². The Morgan fingerprint density at radius 3 is 1.94 bits per heavy atom. The molecule has 0 rings (SSSR count). The lowest BCUT2D eigenvalue weighted by molar-refractivity contribution is -0.156. The van der Waals surface area contributed by atoms with Crippen molar-refractivity contribution in [3.8, 4) is 0 Å². The van der Waals surface area contributed by atoms with Crippen molar-refractivity contribution < 1.29 is 28.7 Å². The third kappa shape index (κ3) is 9.50. The van der Waals surface area contributed by atoms with Crippen molar-refractivity contribution in [1.29, 1.82) is 0 Å². The molecule has 102 valence electrons. The fourth-order valence-corrected chi connectivity index (χ4v) is 1.05. The lowest BCUT2D eigenvalue weighted by Gasteiger charge is -2.19. The van der Waals surface area contributed by atoms with Gasteiger partial charge in [0, 0.05) is 6.92 Å². The predicted molar refractivity (Wildman–Crippen MR) is 61.7 cm³/mol. The van der Waals surface area contributed by atoms with Gasteiger partial charge in [0.15, 0.2) is 11.6 Å². The second-order valence-corrected chi connectivity index (χ2v) is 4.80. The van der Waals surface area contributed by atoms with Gasteiger partial charge in [-0.05, 0) is 20.8 Å². The molecule has 0 aliphatic heterocycles. The first-order chi connectivity index (χ1) is 8.10. The highest BCUT2D eigenvalue weighted by Gasteiger charge is 2.20. The maximum Gasteiger partial charge on any atom is 0.313 e. The Balaban J connectivity index is 4.00. The van der Waals surface area contributed by atoms with Crippen LogP contribution in [0.4, 0.5) is 0 Å². The summed E-state index contributed by atoms with van der Waals surface area (Å²) in [5.74, 6) is -2.36. The first-order valence-electron chi connectivity index (χ1n) is 5.49. The Hall–Kier alpha value is -1.72. The zero-order valence-electron chi connectivity index (χ0n) is 11.1. The van der Waals surface area contributed by atoms with E-state index in [1.54, 1.807) is 20.8 Å². The molecule has 0 saturated carbocycles. The molecule has 0 fully saturated rings. The summed E-state index contributed by atoms with van der Waals surface area (Å²) in [6.45, 7) is 5.76. The normalized spacial score (nSPS) is 10.7. The van der Waals surface area contributed by atoms with Gasteiger partial charge in [0.2, 0.25) is 0 Å². The number of esters is 2. The number of hydrogen-bond donors (Lipinski definition) is 0. The lowest BCUT2D eigenvalue weighted by atomic mass is 10.1. The molecule has 0 bridgehead atoms. The highest BCUT2D eigenvalue weighted by Crippen LogP contribution is 2.08. The number of rotatable bonds is 6. The number of carbonyl (C=O) groups excluding carboxylic acids is 4. The minimum Gasteiger partial charge on any atom is -0.460 e. The highest BCUT2D eigenvalue weighted by molar-refractivity contribution is 6.06. The third-order valence-electron chi connectivity index (χ3n) is 1.59. The van der Waals surface area contributed by atoms with E-state index in [-0.39, 0.29) is 0 Å². The molecule has 0 aliphatic carbocycles. The van der Waals surface area contributed by atoms with Gasteiger partial charge in [-0.25, -0.2) is 0 Å². The number of ether oxygens (including phenoxy) is 2. The molecule has 6 nitrogen and oxygen atoms in total. The minimum absolute atomic E-state index is 0.438. The van der Waals surface area contributed by atoms with E-state index < -0.39 is 48.6 Å². The Labute approximate surface area is 106 Å². The fraction of sp³-hybridized carbons (Fsp3) is 0.667. The zero-order valence-corrected chi connectivity index (χ0v) is 11.1. The summed E-state index contributed by atoms with van der Waals surface area (Å²) in [4.78, 5) is 44.2. The Bertz CT molecular complexity index is 350. The fourth-order valence-electron chi connectivity index (χ4n) is 1.05. The molecule has 0 aliphatic rings. The second kappa shape index (κ2) is 6.88. The van der Waals surface area contributed by atoms with Crippen molar-refractivity contribution in [3.05, 3.63) is 0 Å². The van der Waals surface area contributed by atoms with Gasteiger partial charge in [0.25, 0.3) is 0 Å². The van der Waals surface area contributed by atoms with Gasteiger partial charge in [-0.2, -0.15) is 0 Å². The largest absolute Gasteiger partial charge is 0.460 e. The second-order valence-electron chi connectivity index (χ2n) is 4.80. The average Bonchev–Trinajstić information content (AvgIpc) is 2.10. The van der Waals surface area contributed by atoms with Gasteiger partial charge < -0.3 is 9.47 Å². The molecule has 0 aromatic rings. The van der Waals surface area contributed by atoms with Crippen LogP contribution in [0, 0.1) is 0 Å². The van der Waals surface area contributed by atoms with E-state index in [9.17, 15) is 19.2 Å². The van der Waals surface area contributed by atoms with Crippen LogP contribution < -0.4 is 0 Å². The zero-order chi connectivity index (χ0) is 14.3. The van der Waals surface area contributed by atoms with Gasteiger partial charge in [-0.3, -0.25) is 19.2 Å². The molecule has 0 N–H and O–H groups in total. The van der Waals surface area contributed by atoms with Crippen molar-refractivity contribution in [2.75, 3.05) is 6.61 Å². The summed E-state index contributed by atoms with van der Waals surface area (Å²) in [6, 6.07) is 0. The minimum atomic E-state index is -0.673. The van der Waals surface area contributed by atoms with Crippen LogP contribution in [-0.4, -0.2) is 35.7 Å². The molecule has 0 amide bonds. The van der Waals surface area contributed by atoms with E-state index in [1.807, 2.05) is 0 Å². The maximum atomic E-state index is 11.3. The number of Topliss-reactive ketones (excluding diaryl/α,β-unsaturated/α-hetero) is 2. The molecule has 0 aromatic carbocycles. The predicted octanol–water partition coefficient (Wildman–Crippen LogP) is 0.810. The molecule has 18 heavy (non-hydrogen) atoms. The third-order valence-corrected chi connectivity index (χ3v) is 1.59. The summed E-state index contributed by atoms with van der Waals surface area (Å²) in [5, 5.41) is 0. The Kier molecular flexibility index (Phi) is 6.22. The van der Waals surface area contributed by atoms with Gasteiger partial charge >= 0.3 is 11.9 Å².